The normalized spacial score (nSPS) is 26.4. The van der Waals surface area contributed by atoms with Crippen LogP contribution in [0.1, 0.15) is 6.42 Å². The lowest BCUT2D eigenvalue weighted by Crippen LogP contribution is -2.52. The molecule has 2 unspecified atom stereocenters. The molecule has 2 heterocycles. The Morgan fingerprint density at radius 3 is 2.55 bits per heavy atom. The molecule has 0 aromatic rings. The monoisotopic (exact) mass is 286 g/mol. The average Bonchev–Trinajstić information content (AvgIpc) is 2.95. The zero-order valence-electron chi connectivity index (χ0n) is 11.3. The lowest BCUT2D eigenvalue weighted by Gasteiger charge is -2.33. The van der Waals surface area contributed by atoms with Crippen molar-refractivity contribution < 1.29 is 29.0 Å². The molecule has 8 nitrogen and oxygen atoms in total. The third kappa shape index (κ3) is 3.01. The number of amides is 2. The number of carboxylic acids is 1. The highest BCUT2D eigenvalue weighted by molar-refractivity contribution is 5.79. The van der Waals surface area contributed by atoms with Crippen molar-refractivity contribution >= 4 is 18.0 Å². The summed E-state index contributed by atoms with van der Waals surface area (Å²) in [5.74, 6) is -1.68. The van der Waals surface area contributed by atoms with Gasteiger partial charge in [0, 0.05) is 19.6 Å². The molecule has 2 amide bonds. The van der Waals surface area contributed by atoms with Gasteiger partial charge in [0.15, 0.2) is 6.10 Å². The summed E-state index contributed by atoms with van der Waals surface area (Å²) >= 11 is 0. The minimum atomic E-state index is -1.07. The molecule has 0 saturated carbocycles. The Labute approximate surface area is 116 Å². The fourth-order valence-electron chi connectivity index (χ4n) is 2.47. The van der Waals surface area contributed by atoms with Gasteiger partial charge in [-0.25, -0.2) is 9.59 Å². The van der Waals surface area contributed by atoms with Crippen LogP contribution in [0, 0.1) is 5.92 Å². The molecule has 1 N–H and O–H groups in total. The predicted molar refractivity (Wildman–Crippen MR) is 66.0 cm³/mol. The van der Waals surface area contributed by atoms with E-state index in [2.05, 4.69) is 4.74 Å². The lowest BCUT2D eigenvalue weighted by atomic mass is 10.1. The number of carbonyl (C=O) groups excluding carboxylic acids is 2. The number of rotatable bonds is 2. The van der Waals surface area contributed by atoms with E-state index in [1.807, 2.05) is 0 Å². The SMILES string of the molecule is COC(=O)C1CCN(C(=O)N2CCOC(C(=O)O)C2)C1. The first-order valence-electron chi connectivity index (χ1n) is 6.49. The maximum atomic E-state index is 12.3. The van der Waals surface area contributed by atoms with Gasteiger partial charge in [0.1, 0.15) is 0 Å². The number of methoxy groups -OCH3 is 1. The predicted octanol–water partition coefficient (Wildman–Crippen LogP) is -0.613. The molecule has 8 heteroatoms. The molecule has 2 rings (SSSR count). The molecule has 0 spiro atoms. The van der Waals surface area contributed by atoms with Crippen LogP contribution >= 0.6 is 0 Å². The highest BCUT2D eigenvalue weighted by Crippen LogP contribution is 2.20. The van der Waals surface area contributed by atoms with E-state index in [1.165, 1.54) is 12.0 Å². The van der Waals surface area contributed by atoms with Crippen molar-refractivity contribution in [1.82, 2.24) is 9.80 Å². The van der Waals surface area contributed by atoms with E-state index in [4.69, 9.17) is 9.84 Å². The highest BCUT2D eigenvalue weighted by Gasteiger charge is 2.36. The quantitative estimate of drug-likeness (QED) is 0.680. The number of hydrogen-bond acceptors (Lipinski definition) is 5. The molecule has 0 bridgehead atoms. The van der Waals surface area contributed by atoms with Crippen LogP contribution in [0.15, 0.2) is 0 Å². The number of hydrogen-bond donors (Lipinski definition) is 1. The Kier molecular flexibility index (Phi) is 4.43. The second-order valence-corrected chi connectivity index (χ2v) is 4.88. The van der Waals surface area contributed by atoms with E-state index in [9.17, 15) is 14.4 Å². The molecular formula is C12H18N2O6. The summed E-state index contributed by atoms with van der Waals surface area (Å²) < 4.78 is 9.74. The summed E-state index contributed by atoms with van der Waals surface area (Å²) in [7, 11) is 1.33. The molecule has 112 valence electrons. The van der Waals surface area contributed by atoms with E-state index in [0.717, 1.165) is 0 Å². The molecule has 2 aliphatic rings. The number of morpholine rings is 1. The molecule has 2 atom stereocenters. The van der Waals surface area contributed by atoms with Crippen molar-refractivity contribution in [2.75, 3.05) is 39.9 Å². The van der Waals surface area contributed by atoms with E-state index in [-0.39, 0.29) is 31.1 Å². The largest absolute Gasteiger partial charge is 0.479 e. The van der Waals surface area contributed by atoms with Crippen LogP contribution in [0.2, 0.25) is 0 Å². The summed E-state index contributed by atoms with van der Waals surface area (Å²) in [6, 6.07) is -0.244. The molecule has 20 heavy (non-hydrogen) atoms. The third-order valence-electron chi connectivity index (χ3n) is 3.61. The van der Waals surface area contributed by atoms with Crippen LogP contribution in [0.5, 0.6) is 0 Å². The Morgan fingerprint density at radius 1 is 1.20 bits per heavy atom. The first-order valence-corrected chi connectivity index (χ1v) is 6.49. The third-order valence-corrected chi connectivity index (χ3v) is 3.61. The van der Waals surface area contributed by atoms with Gasteiger partial charge in [-0.15, -0.1) is 0 Å². The maximum Gasteiger partial charge on any atom is 0.334 e. The van der Waals surface area contributed by atoms with Gasteiger partial charge in [-0.05, 0) is 6.42 Å². The number of likely N-dealkylation sites (tertiary alicyclic amines) is 1. The standard InChI is InChI=1S/C12H18N2O6/c1-19-11(17)8-2-3-13(6-8)12(18)14-4-5-20-9(7-14)10(15)16/h8-9H,2-7H2,1H3,(H,15,16). The van der Waals surface area contributed by atoms with Crippen molar-refractivity contribution in [3.05, 3.63) is 0 Å². The fourth-order valence-corrected chi connectivity index (χ4v) is 2.47. The fraction of sp³-hybridized carbons (Fsp3) is 0.750. The van der Waals surface area contributed by atoms with Gasteiger partial charge in [-0.2, -0.15) is 0 Å². The maximum absolute atomic E-state index is 12.3. The van der Waals surface area contributed by atoms with Crippen molar-refractivity contribution in [3.8, 4) is 0 Å². The Morgan fingerprint density at radius 2 is 1.90 bits per heavy atom. The smallest absolute Gasteiger partial charge is 0.334 e. The minimum absolute atomic E-state index is 0.0353. The van der Waals surface area contributed by atoms with Crippen LogP contribution in [-0.4, -0.2) is 78.9 Å². The van der Waals surface area contributed by atoms with E-state index in [0.29, 0.717) is 26.1 Å². The summed E-state index contributed by atoms with van der Waals surface area (Å²) in [6.07, 6.45) is -0.405. The number of carboxylic acid groups (broad SMARTS) is 1. The number of ether oxygens (including phenoxy) is 2. The summed E-state index contributed by atoms with van der Waals surface area (Å²) in [4.78, 5) is 37.6. The van der Waals surface area contributed by atoms with Gasteiger partial charge in [0.25, 0.3) is 0 Å². The summed E-state index contributed by atoms with van der Waals surface area (Å²) in [6.45, 7) is 1.40. The molecule has 0 aliphatic carbocycles. The Balaban J connectivity index is 1.91. The van der Waals surface area contributed by atoms with Crippen LogP contribution in [0.4, 0.5) is 4.79 Å². The second kappa shape index (κ2) is 6.08. The van der Waals surface area contributed by atoms with Gasteiger partial charge in [-0.3, -0.25) is 4.79 Å². The molecular weight excluding hydrogens is 268 g/mol. The first kappa shape index (κ1) is 14.6. The van der Waals surface area contributed by atoms with Crippen LogP contribution < -0.4 is 0 Å². The van der Waals surface area contributed by atoms with Crippen LogP contribution in [0.3, 0.4) is 0 Å². The average molecular weight is 286 g/mol. The summed E-state index contributed by atoms with van der Waals surface area (Å²) in [5, 5.41) is 8.91. The summed E-state index contributed by atoms with van der Waals surface area (Å²) in [5.41, 5.74) is 0. The van der Waals surface area contributed by atoms with Gasteiger partial charge < -0.3 is 24.4 Å². The Hall–Kier alpha value is -1.83. The van der Waals surface area contributed by atoms with Crippen molar-refractivity contribution in [2.45, 2.75) is 12.5 Å². The van der Waals surface area contributed by atoms with Gasteiger partial charge in [0.05, 0.1) is 26.2 Å². The number of nitrogens with zero attached hydrogens (tertiary/aromatic N) is 2. The van der Waals surface area contributed by atoms with E-state index >= 15 is 0 Å². The second-order valence-electron chi connectivity index (χ2n) is 4.88. The van der Waals surface area contributed by atoms with E-state index < -0.39 is 12.1 Å². The lowest BCUT2D eigenvalue weighted by molar-refractivity contribution is -0.154. The zero-order chi connectivity index (χ0) is 14.7. The number of esters is 1. The molecule has 0 aromatic carbocycles. The highest BCUT2D eigenvalue weighted by atomic mass is 16.5. The topological polar surface area (TPSA) is 96.4 Å². The molecule has 0 radical (unpaired) electrons. The van der Waals surface area contributed by atoms with Gasteiger partial charge >= 0.3 is 18.0 Å². The van der Waals surface area contributed by atoms with Crippen LogP contribution in [0.25, 0.3) is 0 Å². The van der Waals surface area contributed by atoms with Crippen molar-refractivity contribution in [1.29, 1.82) is 0 Å². The van der Waals surface area contributed by atoms with Crippen molar-refractivity contribution in [2.24, 2.45) is 5.92 Å². The molecule has 2 fully saturated rings. The first-order chi connectivity index (χ1) is 9.52. The van der Waals surface area contributed by atoms with Gasteiger partial charge in [-0.1, -0.05) is 0 Å². The van der Waals surface area contributed by atoms with Gasteiger partial charge in [0.2, 0.25) is 0 Å². The number of carbonyl (C=O) groups is 3. The van der Waals surface area contributed by atoms with Crippen molar-refractivity contribution in [3.63, 3.8) is 0 Å². The molecule has 2 saturated heterocycles. The number of urea groups is 1. The Bertz CT molecular complexity index is 413. The number of aliphatic carboxylic acids is 1. The van der Waals surface area contributed by atoms with E-state index in [1.54, 1.807) is 4.90 Å². The molecule has 0 aromatic heterocycles. The molecule has 2 aliphatic heterocycles. The van der Waals surface area contributed by atoms with Crippen LogP contribution in [-0.2, 0) is 19.1 Å². The minimum Gasteiger partial charge on any atom is -0.479 e. The zero-order valence-corrected chi connectivity index (χ0v) is 11.3.